The monoisotopic (exact) mass is 355 g/mol. The quantitative estimate of drug-likeness (QED) is 0.763. The molecule has 3 N–H and O–H groups in total. The SMILES string of the molecule is COc1ccc(N=C2NNC(c3ccccc3)=C(CC(=O)O)S2)cc1. The van der Waals surface area contributed by atoms with Crippen LogP contribution in [-0.4, -0.2) is 23.4 Å². The highest BCUT2D eigenvalue weighted by Gasteiger charge is 2.21. The summed E-state index contributed by atoms with van der Waals surface area (Å²) in [6.07, 6.45) is -0.0782. The highest BCUT2D eigenvalue weighted by Crippen LogP contribution is 2.32. The number of aliphatic carboxylic acids is 1. The van der Waals surface area contributed by atoms with Gasteiger partial charge in [0, 0.05) is 10.5 Å². The van der Waals surface area contributed by atoms with Gasteiger partial charge in [0.25, 0.3) is 0 Å². The molecular weight excluding hydrogens is 338 g/mol. The van der Waals surface area contributed by atoms with Crippen LogP contribution in [0.3, 0.4) is 0 Å². The minimum Gasteiger partial charge on any atom is -0.497 e. The molecule has 0 spiro atoms. The first-order valence-electron chi connectivity index (χ1n) is 7.58. The summed E-state index contributed by atoms with van der Waals surface area (Å²) in [5.41, 5.74) is 8.52. The number of aliphatic imine (C=N–C) groups is 1. The summed E-state index contributed by atoms with van der Waals surface area (Å²) in [6, 6.07) is 16.9. The lowest BCUT2D eigenvalue weighted by Gasteiger charge is -2.24. The van der Waals surface area contributed by atoms with Crippen LogP contribution in [0.5, 0.6) is 5.75 Å². The Hall–Kier alpha value is -2.93. The lowest BCUT2D eigenvalue weighted by molar-refractivity contribution is -0.136. The number of nitrogens with zero attached hydrogens (tertiary/aromatic N) is 1. The number of hydrogen-bond acceptors (Lipinski definition) is 5. The van der Waals surface area contributed by atoms with E-state index in [0.717, 1.165) is 22.7 Å². The molecule has 0 unspecified atom stereocenters. The molecule has 2 aromatic carbocycles. The number of carboxylic acid groups (broad SMARTS) is 1. The second-order valence-electron chi connectivity index (χ2n) is 5.20. The van der Waals surface area contributed by atoms with Crippen LogP contribution < -0.4 is 15.6 Å². The third-order valence-electron chi connectivity index (χ3n) is 3.47. The van der Waals surface area contributed by atoms with Crippen LogP contribution in [0.25, 0.3) is 5.70 Å². The van der Waals surface area contributed by atoms with Crippen molar-refractivity contribution in [2.75, 3.05) is 7.11 Å². The van der Waals surface area contributed by atoms with E-state index in [2.05, 4.69) is 15.8 Å². The second-order valence-corrected chi connectivity index (χ2v) is 6.29. The van der Waals surface area contributed by atoms with Crippen LogP contribution in [-0.2, 0) is 4.79 Å². The van der Waals surface area contributed by atoms with Gasteiger partial charge in [-0.15, -0.1) is 0 Å². The van der Waals surface area contributed by atoms with Gasteiger partial charge >= 0.3 is 5.97 Å². The summed E-state index contributed by atoms with van der Waals surface area (Å²) in [5, 5.41) is 9.80. The van der Waals surface area contributed by atoms with Crippen molar-refractivity contribution in [1.29, 1.82) is 0 Å². The van der Waals surface area contributed by atoms with Crippen molar-refractivity contribution in [2.24, 2.45) is 4.99 Å². The maximum Gasteiger partial charge on any atom is 0.308 e. The average Bonchev–Trinajstić information content (AvgIpc) is 2.63. The van der Waals surface area contributed by atoms with E-state index in [0.29, 0.717) is 10.1 Å². The van der Waals surface area contributed by atoms with Gasteiger partial charge in [-0.05, 0) is 24.3 Å². The van der Waals surface area contributed by atoms with Gasteiger partial charge in [0.15, 0.2) is 5.17 Å². The molecule has 1 aliphatic rings. The number of ether oxygens (including phenoxy) is 1. The average molecular weight is 355 g/mol. The first-order valence-corrected chi connectivity index (χ1v) is 8.40. The Morgan fingerprint density at radius 2 is 1.84 bits per heavy atom. The zero-order chi connectivity index (χ0) is 17.6. The van der Waals surface area contributed by atoms with E-state index in [-0.39, 0.29) is 6.42 Å². The summed E-state index contributed by atoms with van der Waals surface area (Å²) < 4.78 is 5.13. The van der Waals surface area contributed by atoms with Gasteiger partial charge in [0.1, 0.15) is 5.75 Å². The Balaban J connectivity index is 1.88. The molecule has 6 nitrogen and oxygen atoms in total. The lowest BCUT2D eigenvalue weighted by Crippen LogP contribution is -2.38. The summed E-state index contributed by atoms with van der Waals surface area (Å²) in [5.74, 6) is -0.132. The van der Waals surface area contributed by atoms with E-state index >= 15 is 0 Å². The molecule has 0 amide bonds. The molecule has 0 aliphatic carbocycles. The lowest BCUT2D eigenvalue weighted by atomic mass is 10.1. The smallest absolute Gasteiger partial charge is 0.308 e. The van der Waals surface area contributed by atoms with Gasteiger partial charge in [-0.3, -0.25) is 15.6 Å². The van der Waals surface area contributed by atoms with Gasteiger partial charge in [-0.25, -0.2) is 4.99 Å². The number of rotatable bonds is 5. The van der Waals surface area contributed by atoms with Crippen molar-refractivity contribution in [3.63, 3.8) is 0 Å². The topological polar surface area (TPSA) is 83.0 Å². The minimum absolute atomic E-state index is 0.0782. The third kappa shape index (κ3) is 4.33. The van der Waals surface area contributed by atoms with Crippen LogP contribution in [0.4, 0.5) is 5.69 Å². The number of benzene rings is 2. The molecule has 128 valence electrons. The van der Waals surface area contributed by atoms with Crippen molar-refractivity contribution < 1.29 is 14.6 Å². The third-order valence-corrected chi connectivity index (χ3v) is 4.45. The summed E-state index contributed by atoms with van der Waals surface area (Å²) in [6.45, 7) is 0. The summed E-state index contributed by atoms with van der Waals surface area (Å²) in [4.78, 5) is 16.4. The number of thioether (sulfide) groups is 1. The van der Waals surface area contributed by atoms with E-state index in [1.807, 2.05) is 54.6 Å². The summed E-state index contributed by atoms with van der Waals surface area (Å²) in [7, 11) is 1.61. The molecule has 0 aromatic heterocycles. The van der Waals surface area contributed by atoms with Crippen LogP contribution in [0.15, 0.2) is 64.5 Å². The van der Waals surface area contributed by atoms with Crippen LogP contribution in [0, 0.1) is 0 Å². The molecule has 0 radical (unpaired) electrons. The maximum absolute atomic E-state index is 11.2. The second kappa shape index (κ2) is 7.76. The Morgan fingerprint density at radius 3 is 2.48 bits per heavy atom. The fourth-order valence-corrected chi connectivity index (χ4v) is 3.26. The van der Waals surface area contributed by atoms with E-state index in [1.54, 1.807) is 7.11 Å². The zero-order valence-electron chi connectivity index (χ0n) is 13.5. The normalized spacial score (nSPS) is 15.5. The number of nitrogens with one attached hydrogen (secondary N) is 2. The van der Waals surface area contributed by atoms with Crippen molar-refractivity contribution in [1.82, 2.24) is 10.9 Å². The number of amidine groups is 1. The van der Waals surface area contributed by atoms with Gasteiger partial charge < -0.3 is 9.84 Å². The largest absolute Gasteiger partial charge is 0.497 e. The van der Waals surface area contributed by atoms with Crippen molar-refractivity contribution in [3.05, 3.63) is 65.1 Å². The van der Waals surface area contributed by atoms with Gasteiger partial charge in [-0.2, -0.15) is 0 Å². The number of methoxy groups -OCH3 is 1. The number of carboxylic acids is 1. The van der Waals surface area contributed by atoms with Crippen molar-refractivity contribution in [3.8, 4) is 5.75 Å². The predicted molar refractivity (Wildman–Crippen MR) is 99.6 cm³/mol. The molecule has 1 heterocycles. The highest BCUT2D eigenvalue weighted by molar-refractivity contribution is 8.17. The molecule has 0 fully saturated rings. The number of hydrazine groups is 1. The standard InChI is InChI=1S/C18H17N3O3S/c1-24-14-9-7-13(8-10-14)19-18-21-20-17(12-5-3-2-4-6-12)15(25-18)11-16(22)23/h2-10,20H,11H2,1H3,(H,19,21)(H,22,23). The van der Waals surface area contributed by atoms with Gasteiger partial charge in [0.05, 0.1) is 24.9 Å². The molecule has 0 saturated heterocycles. The zero-order valence-corrected chi connectivity index (χ0v) is 14.3. The van der Waals surface area contributed by atoms with Gasteiger partial charge in [-0.1, -0.05) is 42.1 Å². The molecule has 7 heteroatoms. The molecule has 0 atom stereocenters. The van der Waals surface area contributed by atoms with E-state index in [1.165, 1.54) is 11.8 Å². The molecule has 1 aliphatic heterocycles. The Bertz CT molecular complexity index is 817. The van der Waals surface area contributed by atoms with E-state index < -0.39 is 5.97 Å². The number of carbonyl (C=O) groups is 1. The summed E-state index contributed by atoms with van der Waals surface area (Å²) >= 11 is 1.31. The molecular formula is C18H17N3O3S. The Morgan fingerprint density at radius 1 is 1.12 bits per heavy atom. The van der Waals surface area contributed by atoms with E-state index in [9.17, 15) is 9.90 Å². The maximum atomic E-state index is 11.2. The molecule has 2 aromatic rings. The molecule has 0 saturated carbocycles. The Labute approximate surface area is 149 Å². The fraction of sp³-hybridized carbons (Fsp3) is 0.111. The van der Waals surface area contributed by atoms with E-state index in [4.69, 9.17) is 4.74 Å². The van der Waals surface area contributed by atoms with Gasteiger partial charge in [0.2, 0.25) is 0 Å². The fourth-order valence-electron chi connectivity index (χ4n) is 2.30. The first-order chi connectivity index (χ1) is 12.2. The Kier molecular flexibility index (Phi) is 5.25. The molecule has 0 bridgehead atoms. The van der Waals surface area contributed by atoms with Crippen molar-refractivity contribution >= 4 is 34.3 Å². The minimum atomic E-state index is -0.886. The predicted octanol–water partition coefficient (Wildman–Crippen LogP) is 3.37. The highest BCUT2D eigenvalue weighted by atomic mass is 32.2. The number of hydrogen-bond donors (Lipinski definition) is 3. The van der Waals surface area contributed by atoms with Crippen LogP contribution in [0.1, 0.15) is 12.0 Å². The van der Waals surface area contributed by atoms with Crippen molar-refractivity contribution in [2.45, 2.75) is 6.42 Å². The molecule has 25 heavy (non-hydrogen) atoms. The van der Waals surface area contributed by atoms with Crippen LogP contribution in [0.2, 0.25) is 0 Å². The first kappa shape index (κ1) is 16.9. The van der Waals surface area contributed by atoms with Crippen LogP contribution >= 0.6 is 11.8 Å². The molecule has 3 rings (SSSR count).